The highest BCUT2D eigenvalue weighted by atomic mass is 16.5. The largest absolute Gasteiger partial charge is 0.392 e. The van der Waals surface area contributed by atoms with E-state index in [0.29, 0.717) is 24.9 Å². The van der Waals surface area contributed by atoms with E-state index in [1.54, 1.807) is 0 Å². The Morgan fingerprint density at radius 2 is 1.96 bits per heavy atom. The molecule has 1 aliphatic heterocycles. The maximum absolute atomic E-state index is 13.3. The molecule has 4 heteroatoms. The molecule has 1 spiro atoms. The number of carbonyl (C=O) groups excluding carboxylic acids is 1. The van der Waals surface area contributed by atoms with Gasteiger partial charge in [-0.3, -0.25) is 4.79 Å². The lowest BCUT2D eigenvalue weighted by Gasteiger charge is -2.80. The summed E-state index contributed by atoms with van der Waals surface area (Å²) in [6, 6.07) is 0. The van der Waals surface area contributed by atoms with Crippen LogP contribution in [0.4, 0.5) is 0 Å². The highest BCUT2D eigenvalue weighted by molar-refractivity contribution is 5.95. The van der Waals surface area contributed by atoms with Gasteiger partial charge in [-0.15, -0.1) is 0 Å². The molecular formula is C19H26O4. The van der Waals surface area contributed by atoms with Crippen molar-refractivity contribution < 1.29 is 19.7 Å². The second kappa shape index (κ2) is 3.92. The Bertz CT molecular complexity index is 654. The number of ether oxygens (including phenoxy) is 1. The Balaban J connectivity index is 1.80. The molecule has 5 aliphatic rings. The molecule has 8 atom stereocenters. The van der Waals surface area contributed by atoms with Crippen molar-refractivity contribution in [2.24, 2.45) is 28.1 Å². The molecule has 2 N–H and O–H groups in total. The number of fused-ring (bicyclic) bond motifs is 1. The van der Waals surface area contributed by atoms with Gasteiger partial charge in [0.2, 0.25) is 0 Å². The van der Waals surface area contributed by atoms with Crippen molar-refractivity contribution in [3.63, 3.8) is 0 Å². The van der Waals surface area contributed by atoms with Gasteiger partial charge in [-0.1, -0.05) is 12.5 Å². The van der Waals surface area contributed by atoms with Crippen LogP contribution in [0.2, 0.25) is 0 Å². The third-order valence-corrected chi connectivity index (χ3v) is 8.85. The average Bonchev–Trinajstić information content (AvgIpc) is 2.48. The second-order valence-electron chi connectivity index (χ2n) is 9.01. The van der Waals surface area contributed by atoms with Crippen molar-refractivity contribution in [2.75, 3.05) is 6.61 Å². The topological polar surface area (TPSA) is 66.8 Å². The Labute approximate surface area is 136 Å². The molecule has 0 bridgehead atoms. The maximum atomic E-state index is 13.3. The molecule has 23 heavy (non-hydrogen) atoms. The molecule has 4 fully saturated rings. The average molecular weight is 318 g/mol. The Morgan fingerprint density at radius 3 is 2.61 bits per heavy atom. The van der Waals surface area contributed by atoms with E-state index < -0.39 is 17.6 Å². The third-order valence-electron chi connectivity index (χ3n) is 8.85. The molecule has 0 aromatic carbocycles. The number of aliphatic hydroxyl groups excluding tert-OH is 2. The number of allylic oxidation sites excluding steroid dienone is 1. The van der Waals surface area contributed by atoms with Crippen LogP contribution in [0, 0.1) is 28.1 Å². The van der Waals surface area contributed by atoms with Gasteiger partial charge in [0.1, 0.15) is 6.10 Å². The van der Waals surface area contributed by atoms with Crippen molar-refractivity contribution >= 4 is 5.78 Å². The summed E-state index contributed by atoms with van der Waals surface area (Å²) < 4.78 is 5.75. The summed E-state index contributed by atoms with van der Waals surface area (Å²) in [5.41, 5.74) is 0.943. The van der Waals surface area contributed by atoms with Gasteiger partial charge in [0.05, 0.1) is 24.2 Å². The lowest BCUT2D eigenvalue weighted by atomic mass is 9.24. The van der Waals surface area contributed by atoms with Gasteiger partial charge >= 0.3 is 0 Å². The second-order valence-corrected chi connectivity index (χ2v) is 9.01. The lowest BCUT2D eigenvalue weighted by Crippen LogP contribution is -2.83. The quantitative estimate of drug-likeness (QED) is 0.669. The van der Waals surface area contributed by atoms with Crippen LogP contribution < -0.4 is 0 Å². The molecule has 0 radical (unpaired) electrons. The monoisotopic (exact) mass is 318 g/mol. The predicted octanol–water partition coefficient (Wildman–Crippen LogP) is 1.84. The number of hydrogen-bond donors (Lipinski definition) is 2. The molecule has 5 rings (SSSR count). The standard InChI is InChI=1S/C19H26O4/c1-9-4-5-10-7-19-11-8-23-12(11)6-13(20)18(19,3)16(22)15(21)14(9)17(10,19)2/h10-13,15,20-21H,4-8H2,1-3H3/t10?,11-,12-,13+,15-,17-,18+,19?/m1/s1. The molecule has 0 amide bonds. The lowest BCUT2D eigenvalue weighted by molar-refractivity contribution is -0.346. The Kier molecular flexibility index (Phi) is 2.49. The first-order chi connectivity index (χ1) is 10.8. The van der Waals surface area contributed by atoms with Crippen molar-refractivity contribution in [3.05, 3.63) is 11.1 Å². The fourth-order valence-electron chi connectivity index (χ4n) is 7.62. The number of Topliss-reactive ketones (excluding diaryl/α,β-unsaturated/α-hetero) is 1. The van der Waals surface area contributed by atoms with Gasteiger partial charge in [0, 0.05) is 23.2 Å². The van der Waals surface area contributed by atoms with Gasteiger partial charge in [-0.05, 0) is 44.6 Å². The minimum absolute atomic E-state index is 0.0855. The van der Waals surface area contributed by atoms with Gasteiger partial charge < -0.3 is 14.9 Å². The molecule has 0 aromatic rings. The van der Waals surface area contributed by atoms with Crippen LogP contribution in [0.3, 0.4) is 0 Å². The van der Waals surface area contributed by atoms with Crippen LogP contribution in [0.25, 0.3) is 0 Å². The predicted molar refractivity (Wildman–Crippen MR) is 83.6 cm³/mol. The van der Waals surface area contributed by atoms with Gasteiger partial charge in [-0.25, -0.2) is 0 Å². The molecule has 3 saturated carbocycles. The minimum Gasteiger partial charge on any atom is -0.392 e. The van der Waals surface area contributed by atoms with E-state index in [4.69, 9.17) is 4.74 Å². The molecule has 1 heterocycles. The van der Waals surface area contributed by atoms with E-state index in [9.17, 15) is 15.0 Å². The minimum atomic E-state index is -1.03. The van der Waals surface area contributed by atoms with Gasteiger partial charge in [0.25, 0.3) is 0 Å². The number of hydrogen-bond acceptors (Lipinski definition) is 4. The fraction of sp³-hybridized carbons (Fsp3) is 0.842. The first kappa shape index (κ1) is 14.6. The van der Waals surface area contributed by atoms with Crippen LogP contribution in [0.15, 0.2) is 11.1 Å². The maximum Gasteiger partial charge on any atom is 0.174 e. The SMILES string of the molecule is CC1=C2[C@@H](O)C(=O)[C@]3(C)[C@@H](O)C[C@H]4OC[C@H]4C34CC(CC1)[C@]24C. The first-order valence-electron chi connectivity index (χ1n) is 9.02. The third kappa shape index (κ3) is 1.17. The van der Waals surface area contributed by atoms with Gasteiger partial charge in [0.15, 0.2) is 5.78 Å². The van der Waals surface area contributed by atoms with Crippen molar-refractivity contribution in [2.45, 2.75) is 64.8 Å². The van der Waals surface area contributed by atoms with Crippen molar-refractivity contribution in [3.8, 4) is 0 Å². The van der Waals surface area contributed by atoms with E-state index >= 15 is 0 Å². The number of rotatable bonds is 0. The molecule has 1 saturated heterocycles. The fourth-order valence-corrected chi connectivity index (χ4v) is 7.62. The summed E-state index contributed by atoms with van der Waals surface area (Å²) in [6.45, 7) is 6.97. The van der Waals surface area contributed by atoms with E-state index in [1.165, 1.54) is 5.57 Å². The molecule has 2 unspecified atom stereocenters. The number of aliphatic hydroxyl groups is 2. The van der Waals surface area contributed by atoms with E-state index in [0.717, 1.165) is 24.8 Å². The highest BCUT2D eigenvalue weighted by Crippen LogP contribution is 2.82. The summed E-state index contributed by atoms with van der Waals surface area (Å²) in [7, 11) is 0. The van der Waals surface area contributed by atoms with Crippen LogP contribution in [-0.4, -0.2) is 40.9 Å². The number of carbonyl (C=O) groups is 1. The van der Waals surface area contributed by atoms with E-state index in [1.807, 2.05) is 6.92 Å². The van der Waals surface area contributed by atoms with Gasteiger partial charge in [-0.2, -0.15) is 0 Å². The molecule has 4 aliphatic carbocycles. The van der Waals surface area contributed by atoms with Crippen LogP contribution in [0.5, 0.6) is 0 Å². The highest BCUT2D eigenvalue weighted by Gasteiger charge is 2.83. The van der Waals surface area contributed by atoms with E-state index in [-0.39, 0.29) is 22.7 Å². The van der Waals surface area contributed by atoms with Crippen molar-refractivity contribution in [1.82, 2.24) is 0 Å². The summed E-state index contributed by atoms with van der Waals surface area (Å²) in [4.78, 5) is 13.3. The van der Waals surface area contributed by atoms with Crippen LogP contribution in [-0.2, 0) is 9.53 Å². The molecule has 0 aromatic heterocycles. The summed E-state index contributed by atoms with van der Waals surface area (Å²) >= 11 is 0. The number of ketones is 1. The zero-order chi connectivity index (χ0) is 16.4. The summed E-state index contributed by atoms with van der Waals surface area (Å²) in [6.07, 6.45) is 1.99. The smallest absolute Gasteiger partial charge is 0.174 e. The molecule has 4 nitrogen and oxygen atoms in total. The van der Waals surface area contributed by atoms with Crippen LogP contribution in [0.1, 0.15) is 46.5 Å². The molecule has 126 valence electrons. The zero-order valence-corrected chi connectivity index (χ0v) is 14.1. The summed E-state index contributed by atoms with van der Waals surface area (Å²) in [5.74, 6) is 0.715. The Morgan fingerprint density at radius 1 is 1.22 bits per heavy atom. The summed E-state index contributed by atoms with van der Waals surface area (Å²) in [5, 5.41) is 21.8. The Hall–Kier alpha value is -0.710. The van der Waals surface area contributed by atoms with Crippen molar-refractivity contribution in [1.29, 1.82) is 0 Å². The van der Waals surface area contributed by atoms with E-state index in [2.05, 4.69) is 13.8 Å². The van der Waals surface area contributed by atoms with Crippen LogP contribution >= 0.6 is 0 Å². The zero-order valence-electron chi connectivity index (χ0n) is 14.1. The normalized spacial score (nSPS) is 60.2. The first-order valence-corrected chi connectivity index (χ1v) is 9.02. The molecular weight excluding hydrogens is 292 g/mol.